The maximum Gasteiger partial charge on any atom is 0.251 e. The van der Waals surface area contributed by atoms with Gasteiger partial charge in [0.25, 0.3) is 5.91 Å². The summed E-state index contributed by atoms with van der Waals surface area (Å²) in [7, 11) is 0. The Morgan fingerprint density at radius 2 is 1.68 bits per heavy atom. The Balaban J connectivity index is 1.61. The molecule has 2 aromatic rings. The van der Waals surface area contributed by atoms with Gasteiger partial charge in [-0.3, -0.25) is 9.59 Å². The third-order valence-electron chi connectivity index (χ3n) is 4.74. The fourth-order valence-electron chi connectivity index (χ4n) is 2.69. The van der Waals surface area contributed by atoms with Gasteiger partial charge in [-0.1, -0.05) is 18.2 Å². The van der Waals surface area contributed by atoms with E-state index in [1.54, 1.807) is 0 Å². The van der Waals surface area contributed by atoms with E-state index in [4.69, 9.17) is 0 Å². The Labute approximate surface area is 148 Å². The van der Waals surface area contributed by atoms with Crippen LogP contribution in [-0.2, 0) is 4.79 Å². The highest BCUT2D eigenvalue weighted by Crippen LogP contribution is 2.30. The molecule has 1 saturated carbocycles. The average Bonchev–Trinajstić information content (AvgIpc) is 3.43. The molecular formula is C21H24N2O2. The van der Waals surface area contributed by atoms with Gasteiger partial charge in [0, 0.05) is 17.2 Å². The lowest BCUT2D eigenvalue weighted by molar-refractivity contribution is -0.117. The number of hydrogen-bond donors (Lipinski definition) is 2. The van der Waals surface area contributed by atoms with Crippen LogP contribution >= 0.6 is 0 Å². The molecule has 1 aliphatic rings. The molecule has 2 aromatic carbocycles. The van der Waals surface area contributed by atoms with Crippen LogP contribution in [0.5, 0.6) is 0 Å². The number of aryl methyl sites for hydroxylation is 2. The van der Waals surface area contributed by atoms with Crippen molar-refractivity contribution in [2.75, 3.05) is 5.32 Å². The molecule has 25 heavy (non-hydrogen) atoms. The van der Waals surface area contributed by atoms with Gasteiger partial charge >= 0.3 is 0 Å². The first-order valence-corrected chi connectivity index (χ1v) is 8.73. The van der Waals surface area contributed by atoms with Crippen molar-refractivity contribution in [3.63, 3.8) is 0 Å². The van der Waals surface area contributed by atoms with Crippen molar-refractivity contribution in [2.45, 2.75) is 39.7 Å². The van der Waals surface area contributed by atoms with Crippen molar-refractivity contribution < 1.29 is 9.59 Å². The van der Waals surface area contributed by atoms with E-state index >= 15 is 0 Å². The van der Waals surface area contributed by atoms with Gasteiger partial charge in [0.05, 0.1) is 6.04 Å². The number of hydrogen-bond acceptors (Lipinski definition) is 2. The second kappa shape index (κ2) is 7.09. The van der Waals surface area contributed by atoms with E-state index in [-0.39, 0.29) is 23.8 Å². The molecule has 0 radical (unpaired) electrons. The van der Waals surface area contributed by atoms with Gasteiger partial charge in [-0.25, -0.2) is 0 Å². The highest BCUT2D eigenvalue weighted by atomic mass is 16.2. The molecule has 2 amide bonds. The molecular weight excluding hydrogens is 312 g/mol. The molecule has 130 valence electrons. The van der Waals surface area contributed by atoms with Crippen LogP contribution in [0.3, 0.4) is 0 Å². The number of anilines is 1. The molecule has 0 spiro atoms. The summed E-state index contributed by atoms with van der Waals surface area (Å²) >= 11 is 0. The highest BCUT2D eigenvalue weighted by Gasteiger charge is 2.29. The van der Waals surface area contributed by atoms with Gasteiger partial charge in [-0.05, 0) is 74.6 Å². The van der Waals surface area contributed by atoms with Gasteiger partial charge < -0.3 is 10.6 Å². The van der Waals surface area contributed by atoms with Crippen LogP contribution < -0.4 is 10.6 Å². The summed E-state index contributed by atoms with van der Waals surface area (Å²) in [5.41, 5.74) is 4.75. The molecule has 1 unspecified atom stereocenters. The minimum absolute atomic E-state index is 0.0817. The maximum absolute atomic E-state index is 12.4. The van der Waals surface area contributed by atoms with E-state index in [1.165, 1.54) is 5.56 Å². The predicted octanol–water partition coefficient (Wildman–Crippen LogP) is 4.14. The minimum Gasteiger partial charge on any atom is -0.346 e. The van der Waals surface area contributed by atoms with Crippen LogP contribution in [0, 0.1) is 19.8 Å². The Bertz CT molecular complexity index is 792. The van der Waals surface area contributed by atoms with Crippen molar-refractivity contribution in [3.05, 3.63) is 64.7 Å². The molecule has 0 aromatic heterocycles. The SMILES string of the molecule is Cc1ccc(C(=O)NC(C)c2ccc(NC(=O)C3CC3)cc2)cc1C. The Morgan fingerprint density at radius 1 is 1.00 bits per heavy atom. The van der Waals surface area contributed by atoms with Gasteiger partial charge in [0.15, 0.2) is 0 Å². The van der Waals surface area contributed by atoms with Crippen LogP contribution in [0.15, 0.2) is 42.5 Å². The second-order valence-corrected chi connectivity index (χ2v) is 6.88. The van der Waals surface area contributed by atoms with Crippen molar-refractivity contribution in [3.8, 4) is 0 Å². The number of carbonyl (C=O) groups is 2. The zero-order valence-electron chi connectivity index (χ0n) is 14.9. The van der Waals surface area contributed by atoms with Crippen LogP contribution in [-0.4, -0.2) is 11.8 Å². The normalized spacial score (nSPS) is 14.7. The van der Waals surface area contributed by atoms with Gasteiger partial charge in [-0.2, -0.15) is 0 Å². The zero-order chi connectivity index (χ0) is 18.0. The van der Waals surface area contributed by atoms with Gasteiger partial charge in [0.1, 0.15) is 0 Å². The lowest BCUT2D eigenvalue weighted by Gasteiger charge is -2.15. The molecule has 0 saturated heterocycles. The van der Waals surface area contributed by atoms with Crippen molar-refractivity contribution >= 4 is 17.5 Å². The number of nitrogens with one attached hydrogen (secondary N) is 2. The summed E-state index contributed by atoms with van der Waals surface area (Å²) in [5, 5.41) is 5.94. The molecule has 4 nitrogen and oxygen atoms in total. The molecule has 4 heteroatoms. The standard InChI is InChI=1S/C21H24N2O2/c1-13-4-5-18(12-14(13)2)21(25)22-15(3)16-8-10-19(11-9-16)23-20(24)17-6-7-17/h4-5,8-12,15,17H,6-7H2,1-3H3,(H,22,25)(H,23,24). The predicted molar refractivity (Wildman–Crippen MR) is 99.6 cm³/mol. The first-order chi connectivity index (χ1) is 11.9. The summed E-state index contributed by atoms with van der Waals surface area (Å²) in [6.07, 6.45) is 1.98. The fraction of sp³-hybridized carbons (Fsp3) is 0.333. The first kappa shape index (κ1) is 17.2. The third kappa shape index (κ3) is 4.27. The average molecular weight is 336 g/mol. The summed E-state index contributed by atoms with van der Waals surface area (Å²) in [6, 6.07) is 13.3. The number of benzene rings is 2. The molecule has 0 aliphatic heterocycles. The van der Waals surface area contributed by atoms with Crippen molar-refractivity contribution in [1.82, 2.24) is 5.32 Å². The lowest BCUT2D eigenvalue weighted by atomic mass is 10.0. The lowest BCUT2D eigenvalue weighted by Crippen LogP contribution is -2.26. The van der Waals surface area contributed by atoms with E-state index in [0.29, 0.717) is 5.56 Å². The Hall–Kier alpha value is -2.62. The topological polar surface area (TPSA) is 58.2 Å². The second-order valence-electron chi connectivity index (χ2n) is 6.88. The van der Waals surface area contributed by atoms with E-state index in [9.17, 15) is 9.59 Å². The molecule has 0 heterocycles. The van der Waals surface area contributed by atoms with Crippen LogP contribution in [0.2, 0.25) is 0 Å². The number of carbonyl (C=O) groups excluding carboxylic acids is 2. The van der Waals surface area contributed by atoms with Crippen molar-refractivity contribution in [1.29, 1.82) is 0 Å². The summed E-state index contributed by atoms with van der Waals surface area (Å²) < 4.78 is 0. The summed E-state index contributed by atoms with van der Waals surface area (Å²) in [5.74, 6) is 0.210. The summed E-state index contributed by atoms with van der Waals surface area (Å²) in [4.78, 5) is 24.2. The molecule has 0 bridgehead atoms. The number of rotatable bonds is 5. The maximum atomic E-state index is 12.4. The van der Waals surface area contributed by atoms with Gasteiger partial charge in [-0.15, -0.1) is 0 Å². The molecule has 1 fully saturated rings. The van der Waals surface area contributed by atoms with E-state index < -0.39 is 0 Å². The summed E-state index contributed by atoms with van der Waals surface area (Å²) in [6.45, 7) is 5.99. The fourth-order valence-corrected chi connectivity index (χ4v) is 2.69. The minimum atomic E-state index is -0.109. The smallest absolute Gasteiger partial charge is 0.251 e. The molecule has 1 aliphatic carbocycles. The monoisotopic (exact) mass is 336 g/mol. The first-order valence-electron chi connectivity index (χ1n) is 8.73. The van der Waals surface area contributed by atoms with E-state index in [2.05, 4.69) is 10.6 Å². The van der Waals surface area contributed by atoms with E-state index in [1.807, 2.05) is 63.2 Å². The highest BCUT2D eigenvalue weighted by molar-refractivity contribution is 5.95. The molecule has 3 rings (SSSR count). The molecule has 2 N–H and O–H groups in total. The van der Waals surface area contributed by atoms with E-state index in [0.717, 1.165) is 29.7 Å². The quantitative estimate of drug-likeness (QED) is 0.862. The Morgan fingerprint density at radius 3 is 2.28 bits per heavy atom. The largest absolute Gasteiger partial charge is 0.346 e. The zero-order valence-corrected chi connectivity index (χ0v) is 14.9. The number of amides is 2. The van der Waals surface area contributed by atoms with Crippen LogP contribution in [0.25, 0.3) is 0 Å². The van der Waals surface area contributed by atoms with Gasteiger partial charge in [0.2, 0.25) is 5.91 Å². The van der Waals surface area contributed by atoms with Crippen LogP contribution in [0.1, 0.15) is 52.9 Å². The molecule has 1 atom stereocenters. The third-order valence-corrected chi connectivity index (χ3v) is 4.74. The van der Waals surface area contributed by atoms with Crippen LogP contribution in [0.4, 0.5) is 5.69 Å². The Kier molecular flexibility index (Phi) is 4.88. The van der Waals surface area contributed by atoms with Crippen molar-refractivity contribution in [2.24, 2.45) is 5.92 Å².